The summed E-state index contributed by atoms with van der Waals surface area (Å²) in [7, 11) is 0. The van der Waals surface area contributed by atoms with E-state index in [0.717, 1.165) is 17.7 Å². The van der Waals surface area contributed by atoms with Gasteiger partial charge in [0, 0.05) is 13.1 Å². The molecule has 0 bridgehead atoms. The number of aliphatic hydroxyl groups excluding tert-OH is 1. The Balaban J connectivity index is 2.33. The van der Waals surface area contributed by atoms with E-state index in [-0.39, 0.29) is 17.9 Å². The van der Waals surface area contributed by atoms with Gasteiger partial charge in [-0.1, -0.05) is 29.8 Å². The van der Waals surface area contributed by atoms with Crippen molar-refractivity contribution in [3.63, 3.8) is 0 Å². The molecule has 0 aliphatic heterocycles. The van der Waals surface area contributed by atoms with Gasteiger partial charge in [-0.2, -0.15) is 18.4 Å². The number of nitriles is 1. The number of aromatic nitrogens is 1. The minimum absolute atomic E-state index is 0.0303. The first-order valence-corrected chi connectivity index (χ1v) is 7.74. The van der Waals surface area contributed by atoms with E-state index in [1.54, 1.807) is 19.1 Å². The summed E-state index contributed by atoms with van der Waals surface area (Å²) >= 11 is 0. The average molecular weight is 349 g/mol. The minimum Gasteiger partial charge on any atom is -0.387 e. The molecule has 0 aliphatic rings. The highest BCUT2D eigenvalue weighted by Gasteiger charge is 2.33. The van der Waals surface area contributed by atoms with E-state index < -0.39 is 18.0 Å². The molecule has 2 rings (SSSR count). The lowest BCUT2D eigenvalue weighted by Crippen LogP contribution is -2.30. The molecule has 1 atom stereocenters. The first-order valence-electron chi connectivity index (χ1n) is 7.74. The average Bonchev–Trinajstić information content (AvgIpc) is 2.58. The second-order valence-corrected chi connectivity index (χ2v) is 5.64. The highest BCUT2D eigenvalue weighted by Crippen LogP contribution is 2.31. The molecule has 4 nitrogen and oxygen atoms in total. The van der Waals surface area contributed by atoms with Crippen LogP contribution in [0.15, 0.2) is 36.4 Å². The van der Waals surface area contributed by atoms with Crippen molar-refractivity contribution in [2.24, 2.45) is 0 Å². The second kappa shape index (κ2) is 7.53. The molecule has 1 heterocycles. The van der Waals surface area contributed by atoms with Crippen LogP contribution >= 0.6 is 0 Å². The van der Waals surface area contributed by atoms with Crippen LogP contribution < -0.4 is 4.90 Å². The van der Waals surface area contributed by atoms with Crippen molar-refractivity contribution in [1.29, 1.82) is 5.26 Å². The number of benzene rings is 1. The number of hydrogen-bond acceptors (Lipinski definition) is 4. The second-order valence-electron chi connectivity index (χ2n) is 5.64. The van der Waals surface area contributed by atoms with Crippen molar-refractivity contribution < 1.29 is 18.3 Å². The number of rotatable bonds is 5. The fourth-order valence-electron chi connectivity index (χ4n) is 2.40. The predicted octanol–water partition coefficient (Wildman–Crippen LogP) is 3.84. The molecule has 0 radical (unpaired) electrons. The van der Waals surface area contributed by atoms with E-state index in [9.17, 15) is 23.5 Å². The van der Waals surface area contributed by atoms with E-state index in [0.29, 0.717) is 12.1 Å². The van der Waals surface area contributed by atoms with Crippen molar-refractivity contribution in [1.82, 2.24) is 4.98 Å². The summed E-state index contributed by atoms with van der Waals surface area (Å²) < 4.78 is 38.8. The minimum atomic E-state index is -4.60. The summed E-state index contributed by atoms with van der Waals surface area (Å²) in [5.74, 6) is -0.0778. The molecule has 7 heteroatoms. The first-order chi connectivity index (χ1) is 11.8. The van der Waals surface area contributed by atoms with Gasteiger partial charge in [0.05, 0.1) is 11.7 Å². The van der Waals surface area contributed by atoms with Gasteiger partial charge >= 0.3 is 6.18 Å². The van der Waals surface area contributed by atoms with Crippen molar-refractivity contribution >= 4 is 5.82 Å². The summed E-state index contributed by atoms with van der Waals surface area (Å²) in [5.41, 5.74) is 0.653. The van der Waals surface area contributed by atoms with E-state index in [1.807, 2.05) is 25.1 Å². The SMILES string of the molecule is CCN(CC(O)c1ccc(C)cc1)c1nc(C(F)(F)F)ccc1C#N. The standard InChI is InChI=1S/C18H18F3N3O/c1-3-24(11-15(25)13-6-4-12(2)5-7-13)17-14(10-22)8-9-16(23-17)18(19,20)21/h4-9,15,25H,3,11H2,1-2H3. The van der Waals surface area contributed by atoms with Gasteiger partial charge in [-0.05, 0) is 31.5 Å². The van der Waals surface area contributed by atoms with Crippen molar-refractivity contribution in [3.05, 3.63) is 58.8 Å². The van der Waals surface area contributed by atoms with Crippen LogP contribution in [0.2, 0.25) is 0 Å². The number of likely N-dealkylation sites (N-methyl/N-ethyl adjacent to an activating group) is 1. The number of pyridine rings is 1. The van der Waals surface area contributed by atoms with Gasteiger partial charge in [-0.15, -0.1) is 0 Å². The van der Waals surface area contributed by atoms with Crippen molar-refractivity contribution in [2.45, 2.75) is 26.1 Å². The lowest BCUT2D eigenvalue weighted by Gasteiger charge is -2.26. The Morgan fingerprint density at radius 1 is 1.20 bits per heavy atom. The molecule has 132 valence electrons. The number of aryl methyl sites for hydroxylation is 1. The van der Waals surface area contributed by atoms with Crippen LogP contribution in [-0.4, -0.2) is 23.2 Å². The fraction of sp³-hybridized carbons (Fsp3) is 0.333. The molecule has 0 fully saturated rings. The number of alkyl halides is 3. The van der Waals surface area contributed by atoms with Crippen LogP contribution in [0.1, 0.15) is 35.4 Å². The molecule has 0 spiro atoms. The van der Waals surface area contributed by atoms with Gasteiger partial charge in [-0.3, -0.25) is 0 Å². The Bertz CT molecular complexity index is 767. The molecular weight excluding hydrogens is 331 g/mol. The van der Waals surface area contributed by atoms with E-state index >= 15 is 0 Å². The number of halogens is 3. The fourth-order valence-corrected chi connectivity index (χ4v) is 2.40. The van der Waals surface area contributed by atoms with Gasteiger partial charge in [0.15, 0.2) is 0 Å². The smallest absolute Gasteiger partial charge is 0.387 e. The normalized spacial score (nSPS) is 12.5. The molecule has 1 aromatic heterocycles. The Morgan fingerprint density at radius 2 is 1.84 bits per heavy atom. The number of nitrogens with zero attached hydrogens (tertiary/aromatic N) is 3. The quantitative estimate of drug-likeness (QED) is 0.891. The topological polar surface area (TPSA) is 60.1 Å². The van der Waals surface area contributed by atoms with Gasteiger partial charge in [0.1, 0.15) is 17.6 Å². The zero-order valence-corrected chi connectivity index (χ0v) is 13.9. The Labute approximate surface area is 144 Å². The third-order valence-electron chi connectivity index (χ3n) is 3.82. The van der Waals surface area contributed by atoms with Crippen LogP contribution in [0.25, 0.3) is 0 Å². The van der Waals surface area contributed by atoms with Crippen LogP contribution in [0.3, 0.4) is 0 Å². The van der Waals surface area contributed by atoms with Crippen LogP contribution in [0.4, 0.5) is 19.0 Å². The predicted molar refractivity (Wildman–Crippen MR) is 88.0 cm³/mol. The summed E-state index contributed by atoms with van der Waals surface area (Å²) in [6.07, 6.45) is -5.51. The summed E-state index contributed by atoms with van der Waals surface area (Å²) in [6, 6.07) is 11.0. The van der Waals surface area contributed by atoms with Crippen molar-refractivity contribution in [2.75, 3.05) is 18.0 Å². The van der Waals surface area contributed by atoms with E-state index in [2.05, 4.69) is 4.98 Å². The molecule has 1 aromatic carbocycles. The maximum Gasteiger partial charge on any atom is 0.433 e. The molecule has 0 saturated carbocycles. The van der Waals surface area contributed by atoms with Crippen LogP contribution in [0, 0.1) is 18.3 Å². The summed E-state index contributed by atoms with van der Waals surface area (Å²) in [6.45, 7) is 3.97. The Morgan fingerprint density at radius 3 is 2.36 bits per heavy atom. The van der Waals surface area contributed by atoms with Gasteiger partial charge < -0.3 is 10.0 Å². The maximum absolute atomic E-state index is 12.9. The zero-order chi connectivity index (χ0) is 18.6. The highest BCUT2D eigenvalue weighted by molar-refractivity contribution is 5.54. The first kappa shape index (κ1) is 18.7. The zero-order valence-electron chi connectivity index (χ0n) is 13.9. The largest absolute Gasteiger partial charge is 0.433 e. The Hall–Kier alpha value is -2.59. The third-order valence-corrected chi connectivity index (χ3v) is 3.82. The lowest BCUT2D eigenvalue weighted by molar-refractivity contribution is -0.141. The van der Waals surface area contributed by atoms with Crippen LogP contribution in [-0.2, 0) is 6.18 Å². The Kier molecular flexibility index (Phi) is 5.65. The monoisotopic (exact) mass is 349 g/mol. The number of anilines is 1. The molecule has 1 unspecified atom stereocenters. The highest BCUT2D eigenvalue weighted by atomic mass is 19.4. The molecule has 0 amide bonds. The molecule has 2 aromatic rings. The van der Waals surface area contributed by atoms with Gasteiger partial charge in [0.25, 0.3) is 0 Å². The van der Waals surface area contributed by atoms with Gasteiger partial charge in [-0.25, -0.2) is 4.98 Å². The van der Waals surface area contributed by atoms with Crippen molar-refractivity contribution in [3.8, 4) is 6.07 Å². The van der Waals surface area contributed by atoms with Gasteiger partial charge in [0.2, 0.25) is 0 Å². The third kappa shape index (κ3) is 4.48. The van der Waals surface area contributed by atoms with Crippen LogP contribution in [0.5, 0.6) is 0 Å². The number of hydrogen-bond donors (Lipinski definition) is 1. The number of aliphatic hydroxyl groups is 1. The maximum atomic E-state index is 12.9. The van der Waals surface area contributed by atoms with E-state index in [1.165, 1.54) is 4.90 Å². The lowest BCUT2D eigenvalue weighted by atomic mass is 10.1. The summed E-state index contributed by atoms with van der Waals surface area (Å²) in [4.78, 5) is 5.08. The molecule has 1 N–H and O–H groups in total. The molecule has 0 saturated heterocycles. The molecule has 25 heavy (non-hydrogen) atoms. The molecule has 0 aliphatic carbocycles. The summed E-state index contributed by atoms with van der Waals surface area (Å²) in [5, 5.41) is 19.6. The molecular formula is C18H18F3N3O. The van der Waals surface area contributed by atoms with E-state index in [4.69, 9.17) is 0 Å².